The second-order valence-corrected chi connectivity index (χ2v) is 4.64. The topological polar surface area (TPSA) is 120 Å². The SMILES string of the molecule is CNC(=O)CCNCCNCCNCCNCCC(N)=O. The number of nitrogens with two attached hydrogens (primary N) is 1. The fraction of sp³-hybridized carbons (Fsp3) is 0.846. The molecule has 0 fully saturated rings. The Balaban J connectivity index is 3.02. The first-order chi connectivity index (χ1) is 10.2. The number of amides is 2. The van der Waals surface area contributed by atoms with Gasteiger partial charge in [-0.1, -0.05) is 0 Å². The summed E-state index contributed by atoms with van der Waals surface area (Å²) in [6.07, 6.45) is 0.898. The van der Waals surface area contributed by atoms with E-state index in [9.17, 15) is 9.59 Å². The van der Waals surface area contributed by atoms with Crippen molar-refractivity contribution in [2.75, 3.05) is 59.4 Å². The average molecular weight is 302 g/mol. The van der Waals surface area contributed by atoms with E-state index < -0.39 is 0 Å². The molecular weight excluding hydrogens is 272 g/mol. The molecule has 0 aromatic carbocycles. The van der Waals surface area contributed by atoms with Crippen LogP contribution in [0.25, 0.3) is 0 Å². The lowest BCUT2D eigenvalue weighted by Crippen LogP contribution is -2.36. The van der Waals surface area contributed by atoms with Crippen LogP contribution in [0, 0.1) is 0 Å². The lowest BCUT2D eigenvalue weighted by atomic mass is 10.4. The maximum Gasteiger partial charge on any atom is 0.221 e. The van der Waals surface area contributed by atoms with Gasteiger partial charge in [0.2, 0.25) is 11.8 Å². The molecule has 0 aromatic rings. The molecule has 2 amide bonds. The lowest BCUT2D eigenvalue weighted by molar-refractivity contribution is -0.120. The highest BCUT2D eigenvalue weighted by Gasteiger charge is 1.96. The molecule has 8 heteroatoms. The third-order valence-electron chi connectivity index (χ3n) is 2.79. The molecule has 0 aliphatic rings. The largest absolute Gasteiger partial charge is 0.370 e. The molecule has 0 rings (SSSR count). The van der Waals surface area contributed by atoms with Gasteiger partial charge in [-0.05, 0) is 0 Å². The van der Waals surface area contributed by atoms with Crippen LogP contribution in [0.3, 0.4) is 0 Å². The van der Waals surface area contributed by atoms with Crippen LogP contribution in [0.15, 0.2) is 0 Å². The van der Waals surface area contributed by atoms with Crippen molar-refractivity contribution in [3.8, 4) is 0 Å². The van der Waals surface area contributed by atoms with Crippen LogP contribution in [0.2, 0.25) is 0 Å². The van der Waals surface area contributed by atoms with Crippen LogP contribution in [-0.2, 0) is 9.59 Å². The molecule has 7 N–H and O–H groups in total. The molecule has 0 saturated heterocycles. The van der Waals surface area contributed by atoms with Crippen LogP contribution in [0.1, 0.15) is 12.8 Å². The van der Waals surface area contributed by atoms with E-state index >= 15 is 0 Å². The van der Waals surface area contributed by atoms with Gasteiger partial charge in [-0.15, -0.1) is 0 Å². The van der Waals surface area contributed by atoms with E-state index in [2.05, 4.69) is 26.6 Å². The highest BCUT2D eigenvalue weighted by atomic mass is 16.1. The average Bonchev–Trinajstić information content (AvgIpc) is 2.46. The Morgan fingerprint density at radius 1 is 0.714 bits per heavy atom. The minimum atomic E-state index is -0.274. The van der Waals surface area contributed by atoms with Crippen molar-refractivity contribution in [1.82, 2.24) is 26.6 Å². The summed E-state index contributed by atoms with van der Waals surface area (Å²) in [5, 5.41) is 15.5. The number of primary amides is 1. The fourth-order valence-corrected chi connectivity index (χ4v) is 1.57. The number of hydrogen-bond acceptors (Lipinski definition) is 6. The Kier molecular flexibility index (Phi) is 14.3. The van der Waals surface area contributed by atoms with Gasteiger partial charge in [-0.25, -0.2) is 0 Å². The van der Waals surface area contributed by atoms with E-state index in [1.54, 1.807) is 7.05 Å². The quantitative estimate of drug-likeness (QED) is 0.184. The zero-order valence-corrected chi connectivity index (χ0v) is 13.0. The zero-order valence-electron chi connectivity index (χ0n) is 13.0. The number of hydrogen-bond donors (Lipinski definition) is 6. The maximum absolute atomic E-state index is 10.9. The minimum Gasteiger partial charge on any atom is -0.370 e. The van der Waals surface area contributed by atoms with Crippen molar-refractivity contribution in [2.24, 2.45) is 5.73 Å². The smallest absolute Gasteiger partial charge is 0.221 e. The highest BCUT2D eigenvalue weighted by molar-refractivity contribution is 5.75. The van der Waals surface area contributed by atoms with Crippen molar-refractivity contribution >= 4 is 11.8 Å². The van der Waals surface area contributed by atoms with E-state index in [4.69, 9.17) is 5.73 Å². The predicted molar refractivity (Wildman–Crippen MR) is 84.0 cm³/mol. The van der Waals surface area contributed by atoms with Gasteiger partial charge in [0.05, 0.1) is 0 Å². The third kappa shape index (κ3) is 16.7. The molecule has 0 aliphatic carbocycles. The Morgan fingerprint density at radius 2 is 1.10 bits per heavy atom. The van der Waals surface area contributed by atoms with Gasteiger partial charge in [0.15, 0.2) is 0 Å². The van der Waals surface area contributed by atoms with Crippen LogP contribution in [0.5, 0.6) is 0 Å². The molecule has 0 aromatic heterocycles. The first-order valence-corrected chi connectivity index (χ1v) is 7.48. The van der Waals surface area contributed by atoms with Crippen molar-refractivity contribution in [3.63, 3.8) is 0 Å². The van der Waals surface area contributed by atoms with Gasteiger partial charge in [0, 0.05) is 72.2 Å². The third-order valence-corrected chi connectivity index (χ3v) is 2.79. The zero-order chi connectivity index (χ0) is 15.8. The van der Waals surface area contributed by atoms with E-state index in [1.807, 2.05) is 0 Å². The summed E-state index contributed by atoms with van der Waals surface area (Å²) in [5.74, 6) is -0.215. The first kappa shape index (κ1) is 19.8. The molecule has 0 bridgehead atoms. The van der Waals surface area contributed by atoms with Gasteiger partial charge < -0.3 is 32.3 Å². The first-order valence-electron chi connectivity index (χ1n) is 7.48. The molecule has 0 heterocycles. The van der Waals surface area contributed by atoms with Crippen molar-refractivity contribution in [1.29, 1.82) is 0 Å². The number of carbonyl (C=O) groups excluding carboxylic acids is 2. The summed E-state index contributed by atoms with van der Waals surface area (Å²) in [7, 11) is 1.64. The molecule has 124 valence electrons. The van der Waals surface area contributed by atoms with Crippen molar-refractivity contribution in [2.45, 2.75) is 12.8 Å². The van der Waals surface area contributed by atoms with Gasteiger partial charge in [-0.3, -0.25) is 9.59 Å². The fourth-order valence-electron chi connectivity index (χ4n) is 1.57. The number of carbonyl (C=O) groups is 2. The Labute approximate surface area is 127 Å². The van der Waals surface area contributed by atoms with Gasteiger partial charge in [0.1, 0.15) is 0 Å². The molecule has 0 atom stereocenters. The minimum absolute atomic E-state index is 0.0593. The Bertz CT molecular complexity index is 275. The highest BCUT2D eigenvalue weighted by Crippen LogP contribution is 1.74. The summed E-state index contributed by atoms with van der Waals surface area (Å²) in [6.45, 7) is 6.57. The molecule has 0 saturated carbocycles. The monoisotopic (exact) mass is 302 g/mol. The van der Waals surface area contributed by atoms with Gasteiger partial charge in [-0.2, -0.15) is 0 Å². The Hall–Kier alpha value is -1.22. The molecule has 0 radical (unpaired) electrons. The number of rotatable bonds is 15. The lowest BCUT2D eigenvalue weighted by Gasteiger charge is -2.08. The van der Waals surface area contributed by atoms with E-state index in [0.29, 0.717) is 25.9 Å². The normalized spacial score (nSPS) is 10.5. The number of nitrogens with one attached hydrogen (secondary N) is 5. The molecule has 21 heavy (non-hydrogen) atoms. The van der Waals surface area contributed by atoms with Crippen LogP contribution in [-0.4, -0.2) is 71.2 Å². The Morgan fingerprint density at radius 3 is 1.48 bits per heavy atom. The summed E-state index contributed by atoms with van der Waals surface area (Å²) in [5.41, 5.74) is 5.03. The maximum atomic E-state index is 10.9. The van der Waals surface area contributed by atoms with Gasteiger partial charge in [0.25, 0.3) is 0 Å². The summed E-state index contributed by atoms with van der Waals surface area (Å²) < 4.78 is 0. The van der Waals surface area contributed by atoms with Crippen LogP contribution < -0.4 is 32.3 Å². The summed E-state index contributed by atoms with van der Waals surface area (Å²) >= 11 is 0. The molecule has 0 aliphatic heterocycles. The molecule has 0 unspecified atom stereocenters. The standard InChI is InChI=1S/C13H30N6O2/c1-15-13(21)3-5-17-7-9-19-11-10-18-8-6-16-4-2-12(14)20/h16-19H,2-11H2,1H3,(H2,14,20)(H,15,21). The molecule has 0 spiro atoms. The predicted octanol–water partition coefficient (Wildman–Crippen LogP) is -2.64. The summed E-state index contributed by atoms with van der Waals surface area (Å²) in [4.78, 5) is 21.4. The second kappa shape index (κ2) is 15.2. The van der Waals surface area contributed by atoms with E-state index in [1.165, 1.54) is 0 Å². The van der Waals surface area contributed by atoms with Crippen molar-refractivity contribution in [3.05, 3.63) is 0 Å². The van der Waals surface area contributed by atoms with Crippen LogP contribution in [0.4, 0.5) is 0 Å². The van der Waals surface area contributed by atoms with E-state index in [-0.39, 0.29) is 11.8 Å². The molecule has 8 nitrogen and oxygen atoms in total. The van der Waals surface area contributed by atoms with Crippen molar-refractivity contribution < 1.29 is 9.59 Å². The summed E-state index contributed by atoms with van der Waals surface area (Å²) in [6, 6.07) is 0. The van der Waals surface area contributed by atoms with E-state index in [0.717, 1.165) is 39.3 Å². The van der Waals surface area contributed by atoms with Gasteiger partial charge >= 0.3 is 0 Å². The second-order valence-electron chi connectivity index (χ2n) is 4.64. The van der Waals surface area contributed by atoms with Crippen LogP contribution >= 0.6 is 0 Å². The molecular formula is C13H30N6O2.